The summed E-state index contributed by atoms with van der Waals surface area (Å²) in [5.74, 6) is 1.31. The third kappa shape index (κ3) is 3.19. The van der Waals surface area contributed by atoms with Crippen molar-refractivity contribution >= 4 is 17.6 Å². The van der Waals surface area contributed by atoms with Gasteiger partial charge in [0.25, 0.3) is 0 Å². The van der Waals surface area contributed by atoms with Crippen molar-refractivity contribution in [1.29, 1.82) is 0 Å². The van der Waals surface area contributed by atoms with E-state index in [4.69, 9.17) is 11.5 Å². The Labute approximate surface area is 122 Å². The average molecular weight is 288 g/mol. The number of halogens is 1. The molecule has 0 spiro atoms. The number of benzene rings is 1. The van der Waals surface area contributed by atoms with E-state index in [2.05, 4.69) is 15.3 Å². The van der Waals surface area contributed by atoms with Gasteiger partial charge in [0.1, 0.15) is 17.5 Å². The molecule has 0 atom stereocenters. The van der Waals surface area contributed by atoms with Crippen LogP contribution in [0.5, 0.6) is 0 Å². The van der Waals surface area contributed by atoms with Crippen LogP contribution in [0.1, 0.15) is 5.56 Å². The molecule has 0 aliphatic carbocycles. The van der Waals surface area contributed by atoms with Gasteiger partial charge in [-0.3, -0.25) is 0 Å². The lowest BCUT2D eigenvalue weighted by molar-refractivity contribution is 0.514. The van der Waals surface area contributed by atoms with Crippen molar-refractivity contribution in [3.63, 3.8) is 0 Å². The van der Waals surface area contributed by atoms with Crippen molar-refractivity contribution in [3.05, 3.63) is 41.7 Å². The zero-order valence-corrected chi connectivity index (χ0v) is 11.5. The van der Waals surface area contributed by atoms with Crippen LogP contribution in [-0.4, -0.2) is 29.1 Å². The molecule has 5 N–H and O–H groups in total. The minimum Gasteiger partial charge on any atom is -0.368 e. The van der Waals surface area contributed by atoms with Crippen molar-refractivity contribution in [2.75, 3.05) is 29.0 Å². The number of rotatable bonds is 4. The van der Waals surface area contributed by atoms with Crippen LogP contribution in [0, 0.1) is 5.82 Å². The summed E-state index contributed by atoms with van der Waals surface area (Å²) in [5.41, 5.74) is 12.3. The molecular formula is C14H17FN6. The van der Waals surface area contributed by atoms with Gasteiger partial charge in [0.2, 0.25) is 5.95 Å². The summed E-state index contributed by atoms with van der Waals surface area (Å²) in [6.45, 7) is 1.99. The van der Waals surface area contributed by atoms with Gasteiger partial charge in [-0.1, -0.05) is 12.1 Å². The number of hydrogen-bond donors (Lipinski definition) is 3. The van der Waals surface area contributed by atoms with Crippen molar-refractivity contribution in [3.8, 4) is 0 Å². The van der Waals surface area contributed by atoms with E-state index in [0.717, 1.165) is 24.5 Å². The molecule has 1 aromatic carbocycles. The predicted molar refractivity (Wildman–Crippen MR) is 80.4 cm³/mol. The monoisotopic (exact) mass is 288 g/mol. The van der Waals surface area contributed by atoms with Crippen LogP contribution in [0.4, 0.5) is 22.0 Å². The molecule has 1 aromatic heterocycles. The first-order valence-corrected chi connectivity index (χ1v) is 6.73. The summed E-state index contributed by atoms with van der Waals surface area (Å²) in [6, 6.07) is 8.42. The van der Waals surface area contributed by atoms with Crippen LogP contribution < -0.4 is 21.7 Å². The molecule has 7 heteroatoms. The molecule has 110 valence electrons. The first-order chi connectivity index (χ1) is 10.1. The van der Waals surface area contributed by atoms with Crippen LogP contribution in [0.15, 0.2) is 30.3 Å². The van der Waals surface area contributed by atoms with Crippen LogP contribution in [0.2, 0.25) is 0 Å². The summed E-state index contributed by atoms with van der Waals surface area (Å²) in [5, 5.41) is 3.13. The van der Waals surface area contributed by atoms with Crippen molar-refractivity contribution in [2.45, 2.75) is 12.6 Å². The van der Waals surface area contributed by atoms with E-state index in [1.165, 1.54) is 12.1 Å². The second-order valence-electron chi connectivity index (χ2n) is 5.12. The minimum absolute atomic E-state index is 0.185. The maximum absolute atomic E-state index is 13.1. The fourth-order valence-corrected chi connectivity index (χ4v) is 2.24. The number of anilines is 3. The number of aromatic nitrogens is 2. The van der Waals surface area contributed by atoms with Gasteiger partial charge in [0.05, 0.1) is 0 Å². The smallest absolute Gasteiger partial charge is 0.223 e. The van der Waals surface area contributed by atoms with Gasteiger partial charge in [0, 0.05) is 31.7 Å². The molecule has 1 fully saturated rings. The van der Waals surface area contributed by atoms with Gasteiger partial charge in [-0.2, -0.15) is 9.97 Å². The quantitative estimate of drug-likeness (QED) is 0.776. The maximum Gasteiger partial charge on any atom is 0.223 e. The molecular weight excluding hydrogens is 271 g/mol. The molecule has 2 aromatic rings. The van der Waals surface area contributed by atoms with E-state index in [1.54, 1.807) is 6.07 Å². The number of nitrogens with one attached hydrogen (secondary N) is 1. The van der Waals surface area contributed by atoms with E-state index in [1.807, 2.05) is 17.0 Å². The Balaban J connectivity index is 1.70. The fraction of sp³-hybridized carbons (Fsp3) is 0.286. The normalized spacial score (nSPS) is 14.9. The number of nitrogens with two attached hydrogens (primary N) is 2. The van der Waals surface area contributed by atoms with Gasteiger partial charge in [-0.25, -0.2) is 4.39 Å². The Bertz CT molecular complexity index is 641. The van der Waals surface area contributed by atoms with Gasteiger partial charge < -0.3 is 21.7 Å². The predicted octanol–water partition coefficient (Wildman–Crippen LogP) is 0.957. The average Bonchev–Trinajstić information content (AvgIpc) is 2.41. The van der Waals surface area contributed by atoms with Crippen molar-refractivity contribution in [2.24, 2.45) is 5.73 Å². The molecule has 1 aliphatic heterocycles. The van der Waals surface area contributed by atoms with E-state index in [9.17, 15) is 4.39 Å². The highest BCUT2D eigenvalue weighted by Gasteiger charge is 2.24. The lowest BCUT2D eigenvalue weighted by Crippen LogP contribution is -2.56. The third-order valence-electron chi connectivity index (χ3n) is 3.33. The summed E-state index contributed by atoms with van der Waals surface area (Å²) in [4.78, 5) is 10.4. The highest BCUT2D eigenvalue weighted by molar-refractivity contribution is 5.54. The highest BCUT2D eigenvalue weighted by Crippen LogP contribution is 2.21. The number of nitrogen functional groups attached to an aromatic ring is 1. The van der Waals surface area contributed by atoms with Crippen LogP contribution in [0.25, 0.3) is 0 Å². The molecule has 0 saturated carbocycles. The maximum atomic E-state index is 13.1. The Hall–Kier alpha value is -2.41. The molecule has 2 heterocycles. The summed E-state index contributed by atoms with van der Waals surface area (Å²) >= 11 is 0. The lowest BCUT2D eigenvalue weighted by Gasteiger charge is -2.37. The number of nitrogens with zero attached hydrogens (tertiary/aromatic N) is 3. The van der Waals surface area contributed by atoms with E-state index in [0.29, 0.717) is 12.4 Å². The van der Waals surface area contributed by atoms with Gasteiger partial charge >= 0.3 is 0 Å². The molecule has 0 radical (unpaired) electrons. The summed E-state index contributed by atoms with van der Waals surface area (Å²) in [7, 11) is 0. The largest absolute Gasteiger partial charge is 0.368 e. The van der Waals surface area contributed by atoms with Crippen molar-refractivity contribution < 1.29 is 4.39 Å². The van der Waals surface area contributed by atoms with E-state index in [-0.39, 0.29) is 17.8 Å². The molecule has 1 aliphatic rings. The van der Waals surface area contributed by atoms with E-state index < -0.39 is 0 Å². The minimum atomic E-state index is -0.258. The molecule has 0 amide bonds. The van der Waals surface area contributed by atoms with Crippen molar-refractivity contribution in [1.82, 2.24) is 9.97 Å². The summed E-state index contributed by atoms with van der Waals surface area (Å²) < 4.78 is 13.1. The van der Waals surface area contributed by atoms with Crippen LogP contribution >= 0.6 is 0 Å². The Morgan fingerprint density at radius 2 is 2.10 bits per heavy atom. The Morgan fingerprint density at radius 1 is 1.29 bits per heavy atom. The standard InChI is InChI=1S/C14H17FN6/c15-10-3-1-2-9(4-10)6-18-12-5-13(20-14(17)19-12)21-7-11(16)8-21/h1-5,11H,6-8,16H2,(H3,17,18,19,20). The first-order valence-electron chi connectivity index (χ1n) is 6.73. The second kappa shape index (κ2) is 5.53. The lowest BCUT2D eigenvalue weighted by atomic mass is 10.1. The molecule has 1 saturated heterocycles. The zero-order valence-electron chi connectivity index (χ0n) is 11.5. The molecule has 3 rings (SSSR count). The molecule has 0 unspecified atom stereocenters. The van der Waals surface area contributed by atoms with Gasteiger partial charge in [-0.15, -0.1) is 0 Å². The zero-order chi connectivity index (χ0) is 14.8. The Kier molecular flexibility index (Phi) is 3.57. The third-order valence-corrected chi connectivity index (χ3v) is 3.33. The second-order valence-corrected chi connectivity index (χ2v) is 5.12. The first kappa shape index (κ1) is 13.6. The van der Waals surface area contributed by atoms with Crippen LogP contribution in [-0.2, 0) is 6.54 Å². The summed E-state index contributed by atoms with van der Waals surface area (Å²) in [6.07, 6.45) is 0. The topological polar surface area (TPSA) is 93.1 Å². The van der Waals surface area contributed by atoms with Crippen LogP contribution in [0.3, 0.4) is 0 Å². The fourth-order valence-electron chi connectivity index (χ4n) is 2.24. The van der Waals surface area contributed by atoms with Gasteiger partial charge in [-0.05, 0) is 17.7 Å². The van der Waals surface area contributed by atoms with E-state index >= 15 is 0 Å². The highest BCUT2D eigenvalue weighted by atomic mass is 19.1. The van der Waals surface area contributed by atoms with Gasteiger partial charge in [0.15, 0.2) is 0 Å². The molecule has 0 bridgehead atoms. The molecule has 6 nitrogen and oxygen atoms in total. The Morgan fingerprint density at radius 3 is 2.81 bits per heavy atom. The SMILES string of the molecule is Nc1nc(NCc2cccc(F)c2)cc(N2CC(N)C2)n1. The number of hydrogen-bond acceptors (Lipinski definition) is 6. The molecule has 21 heavy (non-hydrogen) atoms.